The Morgan fingerprint density at radius 2 is 2.05 bits per heavy atom. The first kappa shape index (κ1) is 13.8. The summed E-state index contributed by atoms with van der Waals surface area (Å²) in [6, 6.07) is 5.09. The maximum absolute atomic E-state index is 4.72. The molecule has 1 unspecified atom stereocenters. The Morgan fingerprint density at radius 1 is 1.20 bits per heavy atom. The van der Waals surface area contributed by atoms with Gasteiger partial charge in [-0.2, -0.15) is 0 Å². The van der Waals surface area contributed by atoms with Gasteiger partial charge in [0.05, 0.1) is 0 Å². The molecular formula is C16H26N4. The normalized spacial score (nSPS) is 24.9. The molecule has 2 aliphatic heterocycles. The minimum absolute atomic E-state index is 0.582. The van der Waals surface area contributed by atoms with Crippen molar-refractivity contribution in [3.05, 3.63) is 23.9 Å². The van der Waals surface area contributed by atoms with Crippen molar-refractivity contribution >= 4 is 5.82 Å². The molecule has 0 amide bonds. The Bertz CT molecular complexity index is 411. The summed E-state index contributed by atoms with van der Waals surface area (Å²) in [5.41, 5.74) is 1.39. The van der Waals surface area contributed by atoms with Gasteiger partial charge >= 0.3 is 0 Å². The van der Waals surface area contributed by atoms with Crippen molar-refractivity contribution in [2.24, 2.45) is 0 Å². The second kappa shape index (κ2) is 6.55. The highest BCUT2D eigenvalue weighted by molar-refractivity contribution is 5.40. The lowest BCUT2D eigenvalue weighted by Gasteiger charge is -2.35. The summed E-state index contributed by atoms with van der Waals surface area (Å²) in [6.45, 7) is 8.91. The number of likely N-dealkylation sites (tertiary alicyclic amines) is 1. The van der Waals surface area contributed by atoms with E-state index in [0.717, 1.165) is 38.5 Å². The quantitative estimate of drug-likeness (QED) is 0.914. The van der Waals surface area contributed by atoms with Gasteiger partial charge in [0, 0.05) is 38.4 Å². The number of piperazine rings is 1. The van der Waals surface area contributed by atoms with Crippen LogP contribution in [0.15, 0.2) is 18.3 Å². The molecule has 110 valence electrons. The molecular weight excluding hydrogens is 248 g/mol. The summed E-state index contributed by atoms with van der Waals surface area (Å²) in [4.78, 5) is 9.68. The monoisotopic (exact) mass is 274 g/mol. The molecule has 2 saturated heterocycles. The summed E-state index contributed by atoms with van der Waals surface area (Å²) in [5.74, 6) is 1.13. The van der Waals surface area contributed by atoms with Crippen LogP contribution in [0.3, 0.4) is 0 Å². The molecule has 1 N–H and O–H groups in total. The minimum Gasteiger partial charge on any atom is -0.354 e. The van der Waals surface area contributed by atoms with Gasteiger partial charge in [0.2, 0.25) is 0 Å². The highest BCUT2D eigenvalue weighted by Crippen LogP contribution is 2.30. The molecule has 4 heteroatoms. The second-order valence-electron chi connectivity index (χ2n) is 5.83. The zero-order chi connectivity index (χ0) is 13.8. The average molecular weight is 274 g/mol. The highest BCUT2D eigenvalue weighted by Gasteiger charge is 2.23. The largest absolute Gasteiger partial charge is 0.354 e. The smallest absolute Gasteiger partial charge is 0.128 e. The van der Waals surface area contributed by atoms with E-state index in [4.69, 9.17) is 4.98 Å². The van der Waals surface area contributed by atoms with E-state index < -0.39 is 0 Å². The Morgan fingerprint density at radius 3 is 2.75 bits per heavy atom. The van der Waals surface area contributed by atoms with Crippen molar-refractivity contribution in [3.63, 3.8) is 0 Å². The van der Waals surface area contributed by atoms with E-state index in [2.05, 4.69) is 40.4 Å². The molecule has 1 aromatic rings. The maximum Gasteiger partial charge on any atom is 0.128 e. The van der Waals surface area contributed by atoms with Crippen LogP contribution < -0.4 is 10.2 Å². The molecule has 2 fully saturated rings. The summed E-state index contributed by atoms with van der Waals surface area (Å²) in [5, 5.41) is 3.38. The molecule has 0 spiro atoms. The SMILES string of the molecule is CCN1CCCCC1c1ccc(N2CCNCC2)nc1. The number of piperidine rings is 1. The van der Waals surface area contributed by atoms with Crippen molar-refractivity contribution < 1.29 is 0 Å². The highest BCUT2D eigenvalue weighted by atomic mass is 15.2. The fraction of sp³-hybridized carbons (Fsp3) is 0.688. The van der Waals surface area contributed by atoms with Crippen molar-refractivity contribution in [2.75, 3.05) is 44.2 Å². The lowest BCUT2D eigenvalue weighted by molar-refractivity contribution is 0.157. The van der Waals surface area contributed by atoms with E-state index in [1.807, 2.05) is 0 Å². The fourth-order valence-corrected chi connectivity index (χ4v) is 3.42. The van der Waals surface area contributed by atoms with Gasteiger partial charge in [-0.15, -0.1) is 0 Å². The van der Waals surface area contributed by atoms with Crippen molar-refractivity contribution in [3.8, 4) is 0 Å². The van der Waals surface area contributed by atoms with Gasteiger partial charge < -0.3 is 10.2 Å². The van der Waals surface area contributed by atoms with Gasteiger partial charge in [-0.25, -0.2) is 4.98 Å². The summed E-state index contributed by atoms with van der Waals surface area (Å²) in [6.07, 6.45) is 6.08. The molecule has 0 bridgehead atoms. The van der Waals surface area contributed by atoms with Gasteiger partial charge in [0.25, 0.3) is 0 Å². The third kappa shape index (κ3) is 2.96. The lowest BCUT2D eigenvalue weighted by atomic mass is 9.96. The Labute approximate surface area is 122 Å². The second-order valence-corrected chi connectivity index (χ2v) is 5.83. The maximum atomic E-state index is 4.72. The third-order valence-electron chi connectivity index (χ3n) is 4.62. The molecule has 0 radical (unpaired) electrons. The minimum atomic E-state index is 0.582. The molecule has 1 aromatic heterocycles. The molecule has 0 saturated carbocycles. The van der Waals surface area contributed by atoms with Gasteiger partial charge in [-0.3, -0.25) is 4.90 Å². The van der Waals surface area contributed by atoms with Gasteiger partial charge in [-0.1, -0.05) is 19.4 Å². The molecule has 2 aliphatic rings. The third-order valence-corrected chi connectivity index (χ3v) is 4.62. The number of hydrogen-bond acceptors (Lipinski definition) is 4. The van der Waals surface area contributed by atoms with Crippen molar-refractivity contribution in [1.29, 1.82) is 0 Å². The number of nitrogens with one attached hydrogen (secondary N) is 1. The predicted molar refractivity (Wildman–Crippen MR) is 83.2 cm³/mol. The first-order valence-electron chi connectivity index (χ1n) is 8.04. The van der Waals surface area contributed by atoms with E-state index in [-0.39, 0.29) is 0 Å². The number of anilines is 1. The number of pyridine rings is 1. The van der Waals surface area contributed by atoms with Crippen LogP contribution in [0, 0.1) is 0 Å². The topological polar surface area (TPSA) is 31.4 Å². The Balaban J connectivity index is 1.71. The summed E-state index contributed by atoms with van der Waals surface area (Å²) < 4.78 is 0. The molecule has 3 heterocycles. The van der Waals surface area contributed by atoms with Crippen LogP contribution in [0.2, 0.25) is 0 Å². The van der Waals surface area contributed by atoms with Crippen LogP contribution in [0.5, 0.6) is 0 Å². The van der Waals surface area contributed by atoms with E-state index in [9.17, 15) is 0 Å². The number of aromatic nitrogens is 1. The standard InChI is InChI=1S/C16H26N4/c1-2-19-10-4-3-5-15(19)14-6-7-16(18-13-14)20-11-8-17-9-12-20/h6-7,13,15,17H,2-5,8-12H2,1H3. The first-order valence-corrected chi connectivity index (χ1v) is 8.04. The van der Waals surface area contributed by atoms with E-state index in [1.54, 1.807) is 0 Å². The van der Waals surface area contributed by atoms with E-state index >= 15 is 0 Å². The number of hydrogen-bond donors (Lipinski definition) is 1. The summed E-state index contributed by atoms with van der Waals surface area (Å²) in [7, 11) is 0. The molecule has 20 heavy (non-hydrogen) atoms. The van der Waals surface area contributed by atoms with Crippen LogP contribution >= 0.6 is 0 Å². The zero-order valence-corrected chi connectivity index (χ0v) is 12.5. The van der Waals surface area contributed by atoms with Crippen molar-refractivity contribution in [1.82, 2.24) is 15.2 Å². The zero-order valence-electron chi connectivity index (χ0n) is 12.5. The van der Waals surface area contributed by atoms with E-state index in [1.165, 1.54) is 31.4 Å². The van der Waals surface area contributed by atoms with Crippen molar-refractivity contribution in [2.45, 2.75) is 32.2 Å². The van der Waals surface area contributed by atoms with Crippen LogP contribution in [0.1, 0.15) is 37.8 Å². The molecule has 0 aromatic carbocycles. The van der Waals surface area contributed by atoms with Crippen LogP contribution in [0.25, 0.3) is 0 Å². The van der Waals surface area contributed by atoms with E-state index in [0.29, 0.717) is 6.04 Å². The van der Waals surface area contributed by atoms with Crippen LogP contribution in [-0.4, -0.2) is 49.2 Å². The summed E-state index contributed by atoms with van der Waals surface area (Å²) >= 11 is 0. The Hall–Kier alpha value is -1.13. The molecule has 4 nitrogen and oxygen atoms in total. The van der Waals surface area contributed by atoms with Gasteiger partial charge in [-0.05, 0) is 37.6 Å². The average Bonchev–Trinajstić information content (AvgIpc) is 2.56. The fourth-order valence-electron chi connectivity index (χ4n) is 3.42. The number of nitrogens with zero attached hydrogens (tertiary/aromatic N) is 3. The Kier molecular flexibility index (Phi) is 4.53. The molecule has 0 aliphatic carbocycles. The predicted octanol–water partition coefficient (Wildman–Crippen LogP) is 2.04. The van der Waals surface area contributed by atoms with Gasteiger partial charge in [0.1, 0.15) is 5.82 Å². The lowest BCUT2D eigenvalue weighted by Crippen LogP contribution is -2.43. The van der Waals surface area contributed by atoms with Gasteiger partial charge in [0.15, 0.2) is 0 Å². The molecule has 1 atom stereocenters. The number of rotatable bonds is 3. The van der Waals surface area contributed by atoms with Crippen LogP contribution in [-0.2, 0) is 0 Å². The van der Waals surface area contributed by atoms with Crippen LogP contribution in [0.4, 0.5) is 5.82 Å². The first-order chi connectivity index (χ1) is 9.88. The molecule has 3 rings (SSSR count).